The zero-order valence-electron chi connectivity index (χ0n) is 13.0. The van der Waals surface area contributed by atoms with Gasteiger partial charge in [-0.15, -0.1) is 11.8 Å². The molecule has 1 heterocycles. The van der Waals surface area contributed by atoms with Crippen LogP contribution in [0.1, 0.15) is 38.5 Å². The number of thioether (sulfide) groups is 1. The Bertz CT molecular complexity index is 805. The van der Waals surface area contributed by atoms with E-state index in [0.29, 0.717) is 22.6 Å². The summed E-state index contributed by atoms with van der Waals surface area (Å²) in [6.07, 6.45) is 0. The van der Waals surface area contributed by atoms with E-state index in [-0.39, 0.29) is 11.2 Å². The first-order chi connectivity index (χ1) is 11.5. The van der Waals surface area contributed by atoms with E-state index in [0.717, 1.165) is 0 Å². The van der Waals surface area contributed by atoms with Gasteiger partial charge < -0.3 is 5.32 Å². The Morgan fingerprint density at radius 1 is 1.08 bits per heavy atom. The summed E-state index contributed by atoms with van der Waals surface area (Å²) in [6, 6.07) is 14.7. The minimum absolute atomic E-state index is 0.146. The van der Waals surface area contributed by atoms with Crippen LogP contribution in [-0.2, 0) is 4.79 Å². The van der Waals surface area contributed by atoms with Crippen LogP contribution in [0.5, 0.6) is 0 Å². The van der Waals surface area contributed by atoms with Gasteiger partial charge >= 0.3 is 0 Å². The number of benzene rings is 2. The van der Waals surface area contributed by atoms with E-state index in [1.807, 2.05) is 30.3 Å². The standard InChI is InChI=1S/C18H16N2O3S/c1-11(12-5-3-2-4-6-12)24-10-16(21)19-13-7-8-14-15(9-13)18(23)20-17(14)22/h2-9,11H,10H2,1H3,(H,19,21)(H,20,22,23). The molecule has 0 saturated heterocycles. The second-order valence-electron chi connectivity index (χ2n) is 5.46. The van der Waals surface area contributed by atoms with Crippen molar-refractivity contribution in [2.24, 2.45) is 0 Å². The summed E-state index contributed by atoms with van der Waals surface area (Å²) < 4.78 is 0. The zero-order valence-corrected chi connectivity index (χ0v) is 13.9. The van der Waals surface area contributed by atoms with Crippen molar-refractivity contribution in [3.63, 3.8) is 0 Å². The van der Waals surface area contributed by atoms with Gasteiger partial charge in [-0.2, -0.15) is 0 Å². The average molecular weight is 340 g/mol. The van der Waals surface area contributed by atoms with Crippen LogP contribution in [-0.4, -0.2) is 23.5 Å². The molecule has 1 aliphatic heterocycles. The van der Waals surface area contributed by atoms with Crippen LogP contribution >= 0.6 is 11.8 Å². The number of anilines is 1. The van der Waals surface area contributed by atoms with Gasteiger partial charge in [-0.1, -0.05) is 30.3 Å². The van der Waals surface area contributed by atoms with Gasteiger partial charge in [-0.05, 0) is 30.7 Å². The summed E-state index contributed by atoms with van der Waals surface area (Å²) in [5, 5.41) is 5.20. The highest BCUT2D eigenvalue weighted by molar-refractivity contribution is 8.00. The first-order valence-corrected chi connectivity index (χ1v) is 8.55. The molecule has 0 aromatic heterocycles. The van der Waals surface area contributed by atoms with Gasteiger partial charge in [0, 0.05) is 10.9 Å². The first-order valence-electron chi connectivity index (χ1n) is 7.51. The molecule has 0 spiro atoms. The van der Waals surface area contributed by atoms with E-state index in [1.165, 1.54) is 23.4 Å². The molecular weight excluding hydrogens is 324 g/mol. The van der Waals surface area contributed by atoms with Gasteiger partial charge in [0.1, 0.15) is 0 Å². The fraction of sp³-hybridized carbons (Fsp3) is 0.167. The van der Waals surface area contributed by atoms with Crippen LogP contribution < -0.4 is 10.6 Å². The first kappa shape index (κ1) is 16.3. The van der Waals surface area contributed by atoms with E-state index in [1.54, 1.807) is 12.1 Å². The van der Waals surface area contributed by atoms with Crippen molar-refractivity contribution in [3.8, 4) is 0 Å². The highest BCUT2D eigenvalue weighted by Gasteiger charge is 2.26. The highest BCUT2D eigenvalue weighted by Crippen LogP contribution is 2.28. The lowest BCUT2D eigenvalue weighted by molar-refractivity contribution is -0.113. The van der Waals surface area contributed by atoms with Gasteiger partial charge in [0.25, 0.3) is 11.8 Å². The molecular formula is C18H16N2O3S. The lowest BCUT2D eigenvalue weighted by Crippen LogP contribution is -2.19. The Morgan fingerprint density at radius 2 is 1.79 bits per heavy atom. The molecule has 0 radical (unpaired) electrons. The number of hydrogen-bond donors (Lipinski definition) is 2. The van der Waals surface area contributed by atoms with Crippen LogP contribution in [0, 0.1) is 0 Å². The van der Waals surface area contributed by atoms with Gasteiger partial charge in [0.15, 0.2) is 0 Å². The molecule has 0 saturated carbocycles. The van der Waals surface area contributed by atoms with Crippen LogP contribution in [0.15, 0.2) is 48.5 Å². The average Bonchev–Trinajstić information content (AvgIpc) is 2.87. The topological polar surface area (TPSA) is 75.3 Å². The minimum atomic E-state index is -0.432. The maximum atomic E-state index is 12.1. The molecule has 0 aliphatic carbocycles. The number of hydrogen-bond acceptors (Lipinski definition) is 4. The normalized spacial score (nSPS) is 14.0. The molecule has 3 amide bonds. The van der Waals surface area contributed by atoms with E-state index < -0.39 is 11.8 Å². The smallest absolute Gasteiger partial charge is 0.259 e. The Labute approximate surface area is 143 Å². The number of imide groups is 1. The molecule has 1 unspecified atom stereocenters. The van der Waals surface area contributed by atoms with Crippen molar-refractivity contribution >= 4 is 35.2 Å². The van der Waals surface area contributed by atoms with Gasteiger partial charge in [-0.25, -0.2) is 0 Å². The van der Waals surface area contributed by atoms with Crippen molar-refractivity contribution in [2.75, 3.05) is 11.1 Å². The predicted octanol–water partition coefficient (Wildman–Crippen LogP) is 3.00. The number of carbonyl (C=O) groups is 3. The summed E-state index contributed by atoms with van der Waals surface area (Å²) >= 11 is 1.54. The van der Waals surface area contributed by atoms with Crippen molar-refractivity contribution in [2.45, 2.75) is 12.2 Å². The molecule has 6 heteroatoms. The number of rotatable bonds is 5. The monoisotopic (exact) mass is 340 g/mol. The Balaban J connectivity index is 1.59. The molecule has 122 valence electrons. The lowest BCUT2D eigenvalue weighted by Gasteiger charge is -2.11. The van der Waals surface area contributed by atoms with Crippen molar-refractivity contribution in [1.29, 1.82) is 0 Å². The van der Waals surface area contributed by atoms with Crippen LogP contribution in [0.3, 0.4) is 0 Å². The van der Waals surface area contributed by atoms with Gasteiger partial charge in [0.05, 0.1) is 16.9 Å². The molecule has 0 fully saturated rings. The van der Waals surface area contributed by atoms with E-state index in [4.69, 9.17) is 0 Å². The fourth-order valence-corrected chi connectivity index (χ4v) is 3.29. The molecule has 2 aromatic carbocycles. The van der Waals surface area contributed by atoms with E-state index in [2.05, 4.69) is 17.6 Å². The second kappa shape index (κ2) is 6.88. The second-order valence-corrected chi connectivity index (χ2v) is 6.78. The third kappa shape index (κ3) is 3.49. The van der Waals surface area contributed by atoms with Crippen LogP contribution in [0.25, 0.3) is 0 Å². The summed E-state index contributed by atoms with van der Waals surface area (Å²) in [5.74, 6) is -0.677. The quantitative estimate of drug-likeness (QED) is 0.821. The molecule has 1 atom stereocenters. The summed E-state index contributed by atoms with van der Waals surface area (Å²) in [4.78, 5) is 35.2. The number of nitrogens with one attached hydrogen (secondary N) is 2. The highest BCUT2D eigenvalue weighted by atomic mass is 32.2. The Morgan fingerprint density at radius 3 is 2.54 bits per heavy atom. The van der Waals surface area contributed by atoms with E-state index in [9.17, 15) is 14.4 Å². The van der Waals surface area contributed by atoms with Gasteiger partial charge in [0.2, 0.25) is 5.91 Å². The molecule has 24 heavy (non-hydrogen) atoms. The Kier molecular flexibility index (Phi) is 4.66. The largest absolute Gasteiger partial charge is 0.325 e. The van der Waals surface area contributed by atoms with Crippen LogP contribution in [0.4, 0.5) is 5.69 Å². The third-order valence-electron chi connectivity index (χ3n) is 3.75. The van der Waals surface area contributed by atoms with Crippen LogP contribution in [0.2, 0.25) is 0 Å². The van der Waals surface area contributed by atoms with Crippen molar-refractivity contribution < 1.29 is 14.4 Å². The van der Waals surface area contributed by atoms with Crippen molar-refractivity contribution in [1.82, 2.24) is 5.32 Å². The minimum Gasteiger partial charge on any atom is -0.325 e. The molecule has 2 aromatic rings. The number of amides is 3. The molecule has 1 aliphatic rings. The third-order valence-corrected chi connectivity index (χ3v) is 4.95. The van der Waals surface area contributed by atoms with Gasteiger partial charge in [-0.3, -0.25) is 19.7 Å². The van der Waals surface area contributed by atoms with Crippen molar-refractivity contribution in [3.05, 3.63) is 65.2 Å². The summed E-state index contributed by atoms with van der Waals surface area (Å²) in [5.41, 5.74) is 2.31. The summed E-state index contributed by atoms with van der Waals surface area (Å²) in [6.45, 7) is 2.05. The SMILES string of the molecule is CC(SCC(=O)Nc1ccc2c(c1)C(=O)NC2=O)c1ccccc1. The fourth-order valence-electron chi connectivity index (χ4n) is 2.46. The Hall–Kier alpha value is -2.60. The lowest BCUT2D eigenvalue weighted by atomic mass is 10.1. The summed E-state index contributed by atoms with van der Waals surface area (Å²) in [7, 11) is 0. The van der Waals surface area contributed by atoms with E-state index >= 15 is 0 Å². The predicted molar refractivity (Wildman–Crippen MR) is 94.2 cm³/mol. The maximum absolute atomic E-state index is 12.1. The number of carbonyl (C=O) groups excluding carboxylic acids is 3. The zero-order chi connectivity index (χ0) is 17.1. The maximum Gasteiger partial charge on any atom is 0.259 e. The molecule has 3 rings (SSSR count). The molecule has 5 nitrogen and oxygen atoms in total. The number of fused-ring (bicyclic) bond motifs is 1. The molecule has 0 bridgehead atoms. The molecule has 2 N–H and O–H groups in total.